The van der Waals surface area contributed by atoms with Gasteiger partial charge in [0.15, 0.2) is 5.11 Å². The van der Waals surface area contributed by atoms with Crippen LogP contribution >= 0.6 is 12.2 Å². The average molecular weight is 415 g/mol. The van der Waals surface area contributed by atoms with Crippen molar-refractivity contribution >= 4 is 38.9 Å². The van der Waals surface area contributed by atoms with Crippen molar-refractivity contribution in [3.8, 4) is 0 Å². The van der Waals surface area contributed by atoms with Crippen LogP contribution in [0.2, 0.25) is 0 Å². The average Bonchev–Trinajstić information content (AvgIpc) is 2.63. The minimum atomic E-state index is -3.53. The molecule has 7 nitrogen and oxygen atoms in total. The molecule has 0 aromatic heterocycles. The summed E-state index contributed by atoms with van der Waals surface area (Å²) in [5.41, 5.74) is 1.56. The SMILES string of the molecule is CCN(CC)S(=O)(=O)c1ccc(C)c(NC(=S)N(C)CCCC(=O)NC)c1. The number of carbonyl (C=O) groups excluding carboxylic acids is 1. The number of anilines is 1. The second-order valence-corrected chi connectivity index (χ2v) is 8.52. The van der Waals surface area contributed by atoms with Crippen molar-refractivity contribution in [3.63, 3.8) is 0 Å². The molecule has 152 valence electrons. The van der Waals surface area contributed by atoms with Crippen LogP contribution in [0.5, 0.6) is 0 Å². The van der Waals surface area contributed by atoms with Crippen molar-refractivity contribution in [2.24, 2.45) is 0 Å². The van der Waals surface area contributed by atoms with Gasteiger partial charge in [-0.3, -0.25) is 4.79 Å². The Morgan fingerprint density at radius 3 is 2.41 bits per heavy atom. The van der Waals surface area contributed by atoms with Crippen molar-refractivity contribution in [2.45, 2.75) is 38.5 Å². The predicted molar refractivity (Wildman–Crippen MR) is 113 cm³/mol. The summed E-state index contributed by atoms with van der Waals surface area (Å²) in [6, 6.07) is 5.00. The summed E-state index contributed by atoms with van der Waals surface area (Å²) < 4.78 is 26.9. The molecule has 27 heavy (non-hydrogen) atoms. The standard InChI is InChI=1S/C18H30N4O3S2/c1-6-22(7-2)27(24,25)15-11-10-14(3)16(13-15)20-18(26)21(5)12-8-9-17(23)19-4/h10-11,13H,6-9,12H2,1-5H3,(H,19,23)(H,20,26). The molecule has 0 saturated heterocycles. The summed E-state index contributed by atoms with van der Waals surface area (Å²) in [5, 5.41) is 6.19. The van der Waals surface area contributed by atoms with Crippen LogP contribution in [0.1, 0.15) is 32.3 Å². The highest BCUT2D eigenvalue weighted by Crippen LogP contribution is 2.23. The van der Waals surface area contributed by atoms with Crippen LogP contribution < -0.4 is 10.6 Å². The number of hydrogen-bond acceptors (Lipinski definition) is 4. The van der Waals surface area contributed by atoms with Gasteiger partial charge in [-0.05, 0) is 43.3 Å². The number of aryl methyl sites for hydroxylation is 1. The minimum absolute atomic E-state index is 0.00701. The molecule has 0 aliphatic carbocycles. The lowest BCUT2D eigenvalue weighted by Gasteiger charge is -2.23. The lowest BCUT2D eigenvalue weighted by molar-refractivity contribution is -0.120. The Kier molecular flexibility index (Phi) is 9.14. The quantitative estimate of drug-likeness (QED) is 0.603. The Labute approximate surface area is 168 Å². The number of carbonyl (C=O) groups is 1. The van der Waals surface area contributed by atoms with Gasteiger partial charge in [-0.15, -0.1) is 0 Å². The molecular weight excluding hydrogens is 384 g/mol. The fourth-order valence-electron chi connectivity index (χ4n) is 2.52. The van der Waals surface area contributed by atoms with Crippen molar-refractivity contribution in [2.75, 3.05) is 39.0 Å². The number of benzene rings is 1. The van der Waals surface area contributed by atoms with Gasteiger partial charge in [-0.25, -0.2) is 8.42 Å². The molecule has 9 heteroatoms. The van der Waals surface area contributed by atoms with Crippen molar-refractivity contribution in [1.82, 2.24) is 14.5 Å². The minimum Gasteiger partial charge on any atom is -0.359 e. The maximum atomic E-state index is 12.7. The van der Waals surface area contributed by atoms with Crippen LogP contribution in [0.15, 0.2) is 23.1 Å². The second kappa shape index (κ2) is 10.6. The third kappa shape index (κ3) is 6.44. The summed E-state index contributed by atoms with van der Waals surface area (Å²) in [4.78, 5) is 13.4. The van der Waals surface area contributed by atoms with Crippen molar-refractivity contribution < 1.29 is 13.2 Å². The van der Waals surface area contributed by atoms with Gasteiger partial charge in [0, 0.05) is 45.8 Å². The Balaban J connectivity index is 2.89. The third-order valence-corrected chi connectivity index (χ3v) is 6.78. The topological polar surface area (TPSA) is 81.8 Å². The number of hydrogen-bond donors (Lipinski definition) is 2. The first-order chi connectivity index (χ1) is 12.7. The van der Waals surface area contributed by atoms with E-state index in [0.717, 1.165) is 5.56 Å². The predicted octanol–water partition coefficient (Wildman–Crippen LogP) is 2.18. The first-order valence-corrected chi connectivity index (χ1v) is 10.9. The van der Waals surface area contributed by atoms with E-state index in [0.29, 0.717) is 43.3 Å². The summed E-state index contributed by atoms with van der Waals surface area (Å²) in [7, 11) is -0.0814. The van der Waals surface area contributed by atoms with Crippen LogP contribution in [0, 0.1) is 6.92 Å². The maximum absolute atomic E-state index is 12.7. The van der Waals surface area contributed by atoms with E-state index >= 15 is 0 Å². The second-order valence-electron chi connectivity index (χ2n) is 6.19. The van der Waals surface area contributed by atoms with E-state index in [1.54, 1.807) is 25.2 Å². The number of sulfonamides is 1. The monoisotopic (exact) mass is 414 g/mol. The van der Waals surface area contributed by atoms with Gasteiger partial charge < -0.3 is 15.5 Å². The lowest BCUT2D eigenvalue weighted by Crippen LogP contribution is -2.33. The van der Waals surface area contributed by atoms with Crippen LogP contribution in [-0.2, 0) is 14.8 Å². The van der Waals surface area contributed by atoms with E-state index in [1.165, 1.54) is 4.31 Å². The Hall–Kier alpha value is -1.71. The molecule has 0 aliphatic rings. The molecule has 0 aliphatic heterocycles. The molecule has 1 amide bonds. The Morgan fingerprint density at radius 2 is 1.85 bits per heavy atom. The highest BCUT2D eigenvalue weighted by atomic mass is 32.2. The highest BCUT2D eigenvalue weighted by Gasteiger charge is 2.22. The van der Waals surface area contributed by atoms with Crippen LogP contribution in [-0.4, -0.2) is 62.4 Å². The zero-order valence-corrected chi connectivity index (χ0v) is 18.3. The smallest absolute Gasteiger partial charge is 0.243 e. The van der Waals surface area contributed by atoms with E-state index < -0.39 is 10.0 Å². The molecule has 1 rings (SSSR count). The summed E-state index contributed by atoms with van der Waals surface area (Å²) >= 11 is 5.41. The molecule has 0 spiro atoms. The van der Waals surface area contributed by atoms with E-state index in [1.807, 2.05) is 32.7 Å². The number of amides is 1. The van der Waals surface area contributed by atoms with Gasteiger partial charge in [0.05, 0.1) is 4.90 Å². The van der Waals surface area contributed by atoms with Crippen LogP contribution in [0.3, 0.4) is 0 Å². The highest BCUT2D eigenvalue weighted by molar-refractivity contribution is 7.89. The Bertz CT molecular complexity index is 762. The molecule has 0 fully saturated rings. The van der Waals surface area contributed by atoms with Gasteiger partial charge in [-0.2, -0.15) is 4.31 Å². The molecule has 0 saturated carbocycles. The zero-order chi connectivity index (χ0) is 20.6. The van der Waals surface area contributed by atoms with Crippen LogP contribution in [0.25, 0.3) is 0 Å². The van der Waals surface area contributed by atoms with Gasteiger partial charge in [0.1, 0.15) is 0 Å². The molecule has 0 atom stereocenters. The molecule has 0 unspecified atom stereocenters. The van der Waals surface area contributed by atoms with Gasteiger partial charge in [0.2, 0.25) is 15.9 Å². The molecule has 0 bridgehead atoms. The summed E-state index contributed by atoms with van der Waals surface area (Å²) in [6.45, 7) is 6.98. The third-order valence-electron chi connectivity index (χ3n) is 4.32. The molecule has 0 radical (unpaired) electrons. The number of rotatable bonds is 9. The van der Waals surface area contributed by atoms with E-state index in [4.69, 9.17) is 12.2 Å². The number of nitrogens with one attached hydrogen (secondary N) is 2. The maximum Gasteiger partial charge on any atom is 0.243 e. The van der Waals surface area contributed by atoms with E-state index in [9.17, 15) is 13.2 Å². The largest absolute Gasteiger partial charge is 0.359 e. The van der Waals surface area contributed by atoms with Gasteiger partial charge in [-0.1, -0.05) is 19.9 Å². The fourth-order valence-corrected chi connectivity index (χ4v) is 4.21. The van der Waals surface area contributed by atoms with E-state index in [2.05, 4.69) is 10.6 Å². The zero-order valence-electron chi connectivity index (χ0n) is 16.7. The van der Waals surface area contributed by atoms with Crippen molar-refractivity contribution in [1.29, 1.82) is 0 Å². The first-order valence-electron chi connectivity index (χ1n) is 9.00. The first kappa shape index (κ1) is 23.3. The molecule has 1 aromatic rings. The summed E-state index contributed by atoms with van der Waals surface area (Å²) in [5.74, 6) is -0.00701. The van der Waals surface area contributed by atoms with E-state index in [-0.39, 0.29) is 10.8 Å². The van der Waals surface area contributed by atoms with Gasteiger partial charge in [0.25, 0.3) is 0 Å². The Morgan fingerprint density at radius 1 is 1.22 bits per heavy atom. The molecular formula is C18H30N4O3S2. The molecule has 2 N–H and O–H groups in total. The number of thiocarbonyl (C=S) groups is 1. The normalized spacial score (nSPS) is 11.3. The number of nitrogens with zero attached hydrogens (tertiary/aromatic N) is 2. The molecule has 1 aromatic carbocycles. The summed E-state index contributed by atoms with van der Waals surface area (Å²) in [6.07, 6.45) is 1.10. The van der Waals surface area contributed by atoms with Crippen LogP contribution in [0.4, 0.5) is 5.69 Å². The van der Waals surface area contributed by atoms with Crippen molar-refractivity contribution in [3.05, 3.63) is 23.8 Å². The van der Waals surface area contributed by atoms with Gasteiger partial charge >= 0.3 is 0 Å². The molecule has 0 heterocycles. The lowest BCUT2D eigenvalue weighted by atomic mass is 10.2. The fraction of sp³-hybridized carbons (Fsp3) is 0.556.